The Labute approximate surface area is 199 Å². The third kappa shape index (κ3) is 5.08. The summed E-state index contributed by atoms with van der Waals surface area (Å²) in [5.74, 6) is 0.728. The highest BCUT2D eigenvalue weighted by Gasteiger charge is 2.45. The van der Waals surface area contributed by atoms with Crippen LogP contribution in [-0.2, 0) is 12.7 Å². The van der Waals surface area contributed by atoms with Gasteiger partial charge in [-0.05, 0) is 81.4 Å². The number of halogens is 3. The smallest absolute Gasteiger partial charge is 0.416 e. The summed E-state index contributed by atoms with van der Waals surface area (Å²) in [5, 5.41) is 0. The summed E-state index contributed by atoms with van der Waals surface area (Å²) in [5.41, 5.74) is 3.20. The molecule has 5 nitrogen and oxygen atoms in total. The lowest BCUT2D eigenvalue weighted by Crippen LogP contribution is -2.48. The lowest BCUT2D eigenvalue weighted by atomic mass is 10.0. The quantitative estimate of drug-likeness (QED) is 0.596. The summed E-state index contributed by atoms with van der Waals surface area (Å²) in [4.78, 5) is 19.3. The van der Waals surface area contributed by atoms with Gasteiger partial charge < -0.3 is 14.5 Å². The molecule has 0 N–H and O–H groups in total. The van der Waals surface area contributed by atoms with Crippen molar-refractivity contribution in [2.45, 2.75) is 45.1 Å². The van der Waals surface area contributed by atoms with Crippen molar-refractivity contribution >= 4 is 5.91 Å². The van der Waals surface area contributed by atoms with E-state index in [-0.39, 0.29) is 18.0 Å². The van der Waals surface area contributed by atoms with Crippen LogP contribution in [0.4, 0.5) is 13.2 Å². The Balaban J connectivity index is 1.37. The first-order valence-corrected chi connectivity index (χ1v) is 11.6. The van der Waals surface area contributed by atoms with E-state index in [4.69, 9.17) is 4.74 Å². The zero-order valence-electron chi connectivity index (χ0n) is 20.2. The average Bonchev–Trinajstić information content (AvgIpc) is 3.38. The molecule has 2 aromatic carbocycles. The highest BCUT2D eigenvalue weighted by Crippen LogP contribution is 2.35. The lowest BCUT2D eigenvalue weighted by Gasteiger charge is -2.34. The van der Waals surface area contributed by atoms with Crippen molar-refractivity contribution in [3.05, 3.63) is 64.2 Å². The zero-order chi connectivity index (χ0) is 24.6. The van der Waals surface area contributed by atoms with Crippen LogP contribution in [0.3, 0.4) is 0 Å². The van der Waals surface area contributed by atoms with E-state index < -0.39 is 11.7 Å². The second-order valence-corrected chi connectivity index (χ2v) is 9.63. The van der Waals surface area contributed by atoms with E-state index in [1.54, 1.807) is 0 Å². The number of benzene rings is 2. The van der Waals surface area contributed by atoms with Crippen molar-refractivity contribution in [1.82, 2.24) is 14.7 Å². The van der Waals surface area contributed by atoms with Crippen LogP contribution in [0.25, 0.3) is 0 Å². The lowest BCUT2D eigenvalue weighted by molar-refractivity contribution is -0.137. The largest absolute Gasteiger partial charge is 0.492 e. The van der Waals surface area contributed by atoms with Crippen LogP contribution >= 0.6 is 0 Å². The Bertz CT molecular complexity index is 1040. The maximum Gasteiger partial charge on any atom is 0.416 e. The molecule has 2 saturated heterocycles. The number of piperazine rings is 1. The predicted molar refractivity (Wildman–Crippen MR) is 125 cm³/mol. The number of hydrogen-bond acceptors (Lipinski definition) is 4. The molecule has 0 aromatic heterocycles. The Morgan fingerprint density at radius 1 is 1.03 bits per heavy atom. The molecule has 184 valence electrons. The van der Waals surface area contributed by atoms with Crippen LogP contribution in [0.1, 0.15) is 39.0 Å². The Kier molecular flexibility index (Phi) is 6.92. The minimum absolute atomic E-state index is 0.0924. The van der Waals surface area contributed by atoms with Gasteiger partial charge in [-0.2, -0.15) is 13.2 Å². The number of hydrogen-bond donors (Lipinski definition) is 0. The number of carbonyl (C=O) groups excluding carboxylic acids is 1. The van der Waals surface area contributed by atoms with Crippen molar-refractivity contribution in [3.63, 3.8) is 0 Å². The molecule has 8 heteroatoms. The van der Waals surface area contributed by atoms with E-state index >= 15 is 0 Å². The molecule has 0 saturated carbocycles. The van der Waals surface area contributed by atoms with Crippen molar-refractivity contribution in [1.29, 1.82) is 0 Å². The van der Waals surface area contributed by atoms with E-state index in [0.29, 0.717) is 18.7 Å². The molecule has 4 rings (SSSR count). The Hall–Kier alpha value is -2.58. The first-order valence-electron chi connectivity index (χ1n) is 11.6. The van der Waals surface area contributed by atoms with Crippen LogP contribution in [0, 0.1) is 13.8 Å². The molecule has 0 spiro atoms. The monoisotopic (exact) mass is 475 g/mol. The molecule has 2 aliphatic heterocycles. The van der Waals surface area contributed by atoms with Crippen molar-refractivity contribution in [2.75, 3.05) is 40.3 Å². The fourth-order valence-electron chi connectivity index (χ4n) is 4.90. The van der Waals surface area contributed by atoms with Gasteiger partial charge in [0.15, 0.2) is 0 Å². The number of rotatable bonds is 7. The summed E-state index contributed by atoms with van der Waals surface area (Å²) in [6.45, 7) is 7.91. The summed E-state index contributed by atoms with van der Waals surface area (Å²) in [6.07, 6.45) is -3.50. The van der Waals surface area contributed by atoms with Gasteiger partial charge in [0.2, 0.25) is 0 Å². The number of ether oxygens (including phenoxy) is 1. The first-order chi connectivity index (χ1) is 16.0. The Morgan fingerprint density at radius 3 is 2.32 bits per heavy atom. The van der Waals surface area contributed by atoms with Crippen LogP contribution in [0.5, 0.6) is 5.75 Å². The van der Waals surface area contributed by atoms with Gasteiger partial charge in [0, 0.05) is 43.8 Å². The fourth-order valence-corrected chi connectivity index (χ4v) is 4.90. The van der Waals surface area contributed by atoms with Crippen molar-refractivity contribution < 1.29 is 22.7 Å². The van der Waals surface area contributed by atoms with Crippen LogP contribution in [0.2, 0.25) is 0 Å². The minimum atomic E-state index is -4.40. The predicted octanol–water partition coefficient (Wildman–Crippen LogP) is 4.36. The molecule has 2 aliphatic rings. The van der Waals surface area contributed by atoms with Crippen LogP contribution in [0.15, 0.2) is 36.4 Å². The number of carbonyl (C=O) groups is 1. The standard InChI is InChI=1S/C26H32F3N3O2/c1-17-18(2)24(34-12-11-30(3)4)10-7-20(17)14-31-15-23-13-22(31)16-32(23)25(33)19-5-8-21(9-6-19)26(27,28)29/h5-10,22-23H,11-16H2,1-4H3. The molecular formula is C26H32F3N3O2. The second-order valence-electron chi connectivity index (χ2n) is 9.63. The molecule has 2 unspecified atom stereocenters. The van der Waals surface area contributed by atoms with E-state index in [9.17, 15) is 18.0 Å². The number of likely N-dealkylation sites (tertiary alicyclic amines) is 2. The van der Waals surface area contributed by atoms with Gasteiger partial charge in [0.05, 0.1) is 5.56 Å². The normalized spacial score (nSPS) is 20.4. The van der Waals surface area contributed by atoms with E-state index in [0.717, 1.165) is 49.5 Å². The average molecular weight is 476 g/mol. The minimum Gasteiger partial charge on any atom is -0.492 e. The molecule has 0 radical (unpaired) electrons. The Morgan fingerprint density at radius 2 is 1.74 bits per heavy atom. The fraction of sp³-hybridized carbons (Fsp3) is 0.500. The van der Waals surface area contributed by atoms with Gasteiger partial charge in [-0.25, -0.2) is 0 Å². The number of amides is 1. The summed E-state index contributed by atoms with van der Waals surface area (Å²) in [6, 6.07) is 9.05. The topological polar surface area (TPSA) is 36.0 Å². The highest BCUT2D eigenvalue weighted by molar-refractivity contribution is 5.94. The summed E-state index contributed by atoms with van der Waals surface area (Å²) >= 11 is 0. The van der Waals surface area contributed by atoms with Gasteiger partial charge in [-0.1, -0.05) is 6.07 Å². The zero-order valence-corrected chi connectivity index (χ0v) is 20.2. The van der Waals surface area contributed by atoms with E-state index in [1.165, 1.54) is 23.3 Å². The molecule has 34 heavy (non-hydrogen) atoms. The molecule has 1 amide bonds. The van der Waals surface area contributed by atoms with Crippen LogP contribution in [-0.4, -0.2) is 73.0 Å². The molecule has 2 bridgehead atoms. The van der Waals surface area contributed by atoms with Crippen molar-refractivity contribution in [2.24, 2.45) is 0 Å². The van der Waals surface area contributed by atoms with Gasteiger partial charge in [-0.15, -0.1) is 0 Å². The van der Waals surface area contributed by atoms with Gasteiger partial charge >= 0.3 is 6.18 Å². The maximum atomic E-state index is 12.9. The summed E-state index contributed by atoms with van der Waals surface area (Å²) in [7, 11) is 4.04. The molecule has 2 heterocycles. The number of nitrogens with zero attached hydrogens (tertiary/aromatic N) is 3. The third-order valence-corrected chi connectivity index (χ3v) is 7.09. The molecular weight excluding hydrogens is 443 g/mol. The number of likely N-dealkylation sites (N-methyl/N-ethyl adjacent to an activating group) is 1. The molecule has 2 atom stereocenters. The second kappa shape index (κ2) is 9.58. The molecule has 0 aliphatic carbocycles. The van der Waals surface area contributed by atoms with Gasteiger partial charge in [0.25, 0.3) is 5.91 Å². The summed E-state index contributed by atoms with van der Waals surface area (Å²) < 4.78 is 44.4. The highest BCUT2D eigenvalue weighted by atomic mass is 19.4. The van der Waals surface area contributed by atoms with E-state index in [1.807, 2.05) is 25.1 Å². The van der Waals surface area contributed by atoms with E-state index in [2.05, 4.69) is 29.7 Å². The van der Waals surface area contributed by atoms with Gasteiger partial charge in [0.1, 0.15) is 12.4 Å². The maximum absolute atomic E-state index is 12.9. The van der Waals surface area contributed by atoms with Crippen molar-refractivity contribution in [3.8, 4) is 5.75 Å². The molecule has 2 aromatic rings. The van der Waals surface area contributed by atoms with Crippen LogP contribution < -0.4 is 4.74 Å². The third-order valence-electron chi connectivity index (χ3n) is 7.09. The SMILES string of the molecule is Cc1c(CN2CC3CC2CN3C(=O)c2ccc(C(F)(F)F)cc2)ccc(OCCN(C)C)c1C. The number of alkyl halides is 3. The van der Waals surface area contributed by atoms with Gasteiger partial charge in [-0.3, -0.25) is 9.69 Å². The number of fused-ring (bicyclic) bond motifs is 2. The molecule has 2 fully saturated rings. The first kappa shape index (κ1) is 24.5.